The summed E-state index contributed by atoms with van der Waals surface area (Å²) in [6, 6.07) is 9.53. The average molecular weight is 240 g/mol. The number of hydrogen-bond donors (Lipinski definition) is 1. The number of carbonyl (C=O) groups is 1. The first kappa shape index (κ1) is 11.9. The number of benzene rings is 1. The standard InChI is InChI=1S/C14H12N2O2/c1-2-18-14(17)11(9-15)13-8-7-10-5-3-4-6-12(10)16-13/h3-8,16H,2H2,1H3. The number of esters is 1. The molecule has 4 heteroatoms. The molecule has 1 aliphatic heterocycles. The molecule has 0 spiro atoms. The highest BCUT2D eigenvalue weighted by Gasteiger charge is 2.17. The third-order valence-corrected chi connectivity index (χ3v) is 2.52. The maximum absolute atomic E-state index is 11.6. The quantitative estimate of drug-likeness (QED) is 0.490. The van der Waals surface area contributed by atoms with Crippen molar-refractivity contribution in [3.05, 3.63) is 47.2 Å². The second-order valence-electron chi connectivity index (χ2n) is 3.67. The van der Waals surface area contributed by atoms with Crippen molar-refractivity contribution in [1.82, 2.24) is 0 Å². The van der Waals surface area contributed by atoms with Crippen molar-refractivity contribution >= 4 is 17.7 Å². The SMILES string of the molecule is CCOC(=O)C(C#N)=C1C=Cc2ccccc2N1. The van der Waals surface area contributed by atoms with Crippen molar-refractivity contribution in [3.63, 3.8) is 0 Å². The van der Waals surface area contributed by atoms with Gasteiger partial charge in [-0.15, -0.1) is 0 Å². The maximum atomic E-state index is 11.6. The van der Waals surface area contributed by atoms with Crippen molar-refractivity contribution < 1.29 is 9.53 Å². The van der Waals surface area contributed by atoms with Crippen molar-refractivity contribution in [3.8, 4) is 6.07 Å². The molecule has 4 nitrogen and oxygen atoms in total. The molecule has 1 aromatic carbocycles. The molecule has 0 saturated carbocycles. The molecule has 0 aromatic heterocycles. The van der Waals surface area contributed by atoms with Crippen LogP contribution in [0.2, 0.25) is 0 Å². The summed E-state index contributed by atoms with van der Waals surface area (Å²) in [6.45, 7) is 1.95. The first-order chi connectivity index (χ1) is 8.76. The summed E-state index contributed by atoms with van der Waals surface area (Å²) in [6.07, 6.45) is 3.57. The van der Waals surface area contributed by atoms with E-state index >= 15 is 0 Å². The van der Waals surface area contributed by atoms with Crippen LogP contribution in [0.25, 0.3) is 6.08 Å². The van der Waals surface area contributed by atoms with Crippen LogP contribution in [0.5, 0.6) is 0 Å². The van der Waals surface area contributed by atoms with E-state index in [1.165, 1.54) is 0 Å². The highest BCUT2D eigenvalue weighted by Crippen LogP contribution is 2.25. The lowest BCUT2D eigenvalue weighted by atomic mass is 10.1. The van der Waals surface area contributed by atoms with Gasteiger partial charge in [0.2, 0.25) is 0 Å². The average Bonchev–Trinajstić information content (AvgIpc) is 2.40. The van der Waals surface area contributed by atoms with E-state index in [2.05, 4.69) is 5.32 Å². The van der Waals surface area contributed by atoms with E-state index in [1.54, 1.807) is 13.0 Å². The molecule has 0 saturated heterocycles. The fraction of sp³-hybridized carbons (Fsp3) is 0.143. The number of allylic oxidation sites excluding steroid dienone is 1. The summed E-state index contributed by atoms with van der Waals surface area (Å²) < 4.78 is 4.84. The number of carbonyl (C=O) groups excluding carboxylic acids is 1. The predicted molar refractivity (Wildman–Crippen MR) is 68.4 cm³/mol. The van der Waals surface area contributed by atoms with E-state index in [1.807, 2.05) is 36.4 Å². The van der Waals surface area contributed by atoms with Crippen LogP contribution in [0.4, 0.5) is 5.69 Å². The molecule has 0 fully saturated rings. The van der Waals surface area contributed by atoms with E-state index in [9.17, 15) is 4.79 Å². The second-order valence-corrected chi connectivity index (χ2v) is 3.67. The van der Waals surface area contributed by atoms with Crippen molar-refractivity contribution in [2.24, 2.45) is 0 Å². The van der Waals surface area contributed by atoms with Crippen LogP contribution in [0.1, 0.15) is 12.5 Å². The van der Waals surface area contributed by atoms with Crippen LogP contribution in [0, 0.1) is 11.3 Å². The molecule has 0 unspecified atom stereocenters. The van der Waals surface area contributed by atoms with Gasteiger partial charge in [0.05, 0.1) is 12.3 Å². The van der Waals surface area contributed by atoms with Gasteiger partial charge in [-0.2, -0.15) is 5.26 Å². The Morgan fingerprint density at radius 3 is 2.89 bits per heavy atom. The molecule has 0 bridgehead atoms. The van der Waals surface area contributed by atoms with Crippen LogP contribution in [-0.2, 0) is 9.53 Å². The highest BCUT2D eigenvalue weighted by molar-refractivity contribution is 5.96. The Balaban J connectivity index is 2.37. The van der Waals surface area contributed by atoms with Crippen molar-refractivity contribution in [1.29, 1.82) is 5.26 Å². The van der Waals surface area contributed by atoms with Crippen LogP contribution in [0.3, 0.4) is 0 Å². The topological polar surface area (TPSA) is 62.1 Å². The van der Waals surface area contributed by atoms with E-state index in [0.717, 1.165) is 11.3 Å². The number of nitrogens with one attached hydrogen (secondary N) is 1. The largest absolute Gasteiger partial charge is 0.462 e. The summed E-state index contributed by atoms with van der Waals surface area (Å²) in [7, 11) is 0. The molecule has 2 rings (SSSR count). The van der Waals surface area contributed by atoms with Gasteiger partial charge in [0, 0.05) is 5.69 Å². The van der Waals surface area contributed by atoms with Crippen molar-refractivity contribution in [2.45, 2.75) is 6.92 Å². The molecule has 0 radical (unpaired) electrons. The number of ether oxygens (including phenoxy) is 1. The van der Waals surface area contributed by atoms with Crippen LogP contribution in [0.15, 0.2) is 41.6 Å². The molecule has 1 heterocycles. The van der Waals surface area contributed by atoms with Gasteiger partial charge < -0.3 is 10.1 Å². The fourth-order valence-corrected chi connectivity index (χ4v) is 1.68. The Kier molecular flexibility index (Phi) is 3.44. The zero-order chi connectivity index (χ0) is 13.0. The second kappa shape index (κ2) is 5.19. The fourth-order valence-electron chi connectivity index (χ4n) is 1.68. The van der Waals surface area contributed by atoms with E-state index < -0.39 is 5.97 Å². The Labute approximate surface area is 105 Å². The predicted octanol–water partition coefficient (Wildman–Crippen LogP) is 2.47. The van der Waals surface area contributed by atoms with Gasteiger partial charge in [0.1, 0.15) is 6.07 Å². The van der Waals surface area contributed by atoms with E-state index in [4.69, 9.17) is 10.00 Å². The van der Waals surface area contributed by atoms with Gasteiger partial charge in [-0.05, 0) is 24.6 Å². The van der Waals surface area contributed by atoms with Gasteiger partial charge in [0.15, 0.2) is 5.57 Å². The van der Waals surface area contributed by atoms with Gasteiger partial charge in [-0.3, -0.25) is 0 Å². The van der Waals surface area contributed by atoms with Crippen LogP contribution in [-0.4, -0.2) is 12.6 Å². The molecule has 1 N–H and O–H groups in total. The third kappa shape index (κ3) is 2.25. The number of hydrogen-bond acceptors (Lipinski definition) is 4. The summed E-state index contributed by atoms with van der Waals surface area (Å²) in [5.74, 6) is -0.605. The molecule has 1 aromatic rings. The highest BCUT2D eigenvalue weighted by atomic mass is 16.5. The molecular formula is C14H12N2O2. The number of nitriles is 1. The summed E-state index contributed by atoms with van der Waals surface area (Å²) in [4.78, 5) is 11.6. The summed E-state index contributed by atoms with van der Waals surface area (Å²) >= 11 is 0. The van der Waals surface area contributed by atoms with Gasteiger partial charge in [0.25, 0.3) is 0 Å². The number of para-hydroxylation sites is 1. The van der Waals surface area contributed by atoms with Crippen LogP contribution >= 0.6 is 0 Å². The van der Waals surface area contributed by atoms with Gasteiger partial charge in [-0.1, -0.05) is 24.3 Å². The zero-order valence-electron chi connectivity index (χ0n) is 9.93. The minimum Gasteiger partial charge on any atom is -0.462 e. The molecule has 0 amide bonds. The number of rotatable bonds is 2. The smallest absolute Gasteiger partial charge is 0.351 e. The molecule has 0 aliphatic carbocycles. The Hall–Kier alpha value is -2.54. The Morgan fingerprint density at radius 2 is 2.17 bits per heavy atom. The molecule has 0 atom stereocenters. The lowest BCUT2D eigenvalue weighted by Gasteiger charge is -2.16. The Bertz CT molecular complexity index is 580. The maximum Gasteiger partial charge on any atom is 0.351 e. The lowest BCUT2D eigenvalue weighted by Crippen LogP contribution is -2.13. The summed E-state index contributed by atoms with van der Waals surface area (Å²) in [5.41, 5.74) is 2.34. The monoisotopic (exact) mass is 240 g/mol. The normalized spacial score (nSPS) is 15.1. The zero-order valence-corrected chi connectivity index (χ0v) is 9.93. The first-order valence-corrected chi connectivity index (χ1v) is 5.62. The van der Waals surface area contributed by atoms with E-state index in [-0.39, 0.29) is 12.2 Å². The lowest BCUT2D eigenvalue weighted by molar-refractivity contribution is -0.138. The number of fused-ring (bicyclic) bond motifs is 1. The minimum absolute atomic E-state index is 0.0115. The number of anilines is 1. The summed E-state index contributed by atoms with van der Waals surface area (Å²) in [5, 5.41) is 12.1. The molecule has 18 heavy (non-hydrogen) atoms. The Morgan fingerprint density at radius 1 is 1.39 bits per heavy atom. The minimum atomic E-state index is -0.605. The van der Waals surface area contributed by atoms with Crippen LogP contribution < -0.4 is 5.32 Å². The van der Waals surface area contributed by atoms with Gasteiger partial charge >= 0.3 is 5.97 Å². The van der Waals surface area contributed by atoms with E-state index in [0.29, 0.717) is 5.70 Å². The molecule has 90 valence electrons. The third-order valence-electron chi connectivity index (χ3n) is 2.52. The molecular weight excluding hydrogens is 228 g/mol. The van der Waals surface area contributed by atoms with Crippen molar-refractivity contribution in [2.75, 3.05) is 11.9 Å². The van der Waals surface area contributed by atoms with Gasteiger partial charge in [-0.25, -0.2) is 4.79 Å². The first-order valence-electron chi connectivity index (χ1n) is 5.62. The molecule has 1 aliphatic rings. The number of nitrogens with zero attached hydrogens (tertiary/aromatic N) is 1.